The van der Waals surface area contributed by atoms with E-state index in [-0.39, 0.29) is 0 Å². The Balaban J connectivity index is 0.00000116. The van der Waals surface area contributed by atoms with Crippen LogP contribution in [-0.4, -0.2) is 29.8 Å². The summed E-state index contributed by atoms with van der Waals surface area (Å²) in [6.45, 7) is 8.89. The minimum atomic E-state index is 0.689. The van der Waals surface area contributed by atoms with E-state index in [0.717, 1.165) is 42.5 Å². The number of aryl methyl sites for hydroxylation is 1. The molecular formula is C18H29N3O. The molecule has 4 heteroatoms. The van der Waals surface area contributed by atoms with Crippen molar-refractivity contribution >= 4 is 11.8 Å². The molecule has 22 heavy (non-hydrogen) atoms. The SMILES string of the molecule is C/C=C(\C=NC)c1cc(OCC2CC2)nc(CCC)n1.CC. The predicted octanol–water partition coefficient (Wildman–Crippen LogP) is 4.35. The van der Waals surface area contributed by atoms with Gasteiger partial charge in [-0.25, -0.2) is 4.98 Å². The maximum absolute atomic E-state index is 5.81. The molecule has 1 aliphatic rings. The number of aromatic nitrogens is 2. The molecule has 1 aliphatic carbocycles. The summed E-state index contributed by atoms with van der Waals surface area (Å²) in [6.07, 6.45) is 8.29. The molecule has 0 aliphatic heterocycles. The van der Waals surface area contributed by atoms with Gasteiger partial charge in [0.05, 0.1) is 12.3 Å². The minimum absolute atomic E-state index is 0.689. The van der Waals surface area contributed by atoms with Gasteiger partial charge in [0.2, 0.25) is 5.88 Å². The second-order valence-corrected chi connectivity index (χ2v) is 5.14. The lowest BCUT2D eigenvalue weighted by molar-refractivity contribution is 0.286. The highest BCUT2D eigenvalue weighted by Crippen LogP contribution is 2.29. The smallest absolute Gasteiger partial charge is 0.217 e. The molecule has 0 N–H and O–H groups in total. The van der Waals surface area contributed by atoms with E-state index in [9.17, 15) is 0 Å². The van der Waals surface area contributed by atoms with Gasteiger partial charge < -0.3 is 4.74 Å². The first-order valence-corrected chi connectivity index (χ1v) is 8.36. The van der Waals surface area contributed by atoms with E-state index in [1.165, 1.54) is 12.8 Å². The monoisotopic (exact) mass is 303 g/mol. The standard InChI is InChI=1S/C16H23N3O.C2H6/c1-4-6-15-18-14(13(5-2)10-17-3)9-16(19-15)20-11-12-7-8-12;1-2/h5,9-10,12H,4,6-8,11H2,1-3H3;1-2H3/b13-5+,17-10?;. The molecule has 0 radical (unpaired) electrons. The Labute approximate surface area is 134 Å². The number of hydrogen-bond acceptors (Lipinski definition) is 4. The fraction of sp³-hybridized carbons (Fsp3) is 0.611. The van der Waals surface area contributed by atoms with Crippen molar-refractivity contribution in [2.45, 2.75) is 53.4 Å². The summed E-state index contributed by atoms with van der Waals surface area (Å²) in [4.78, 5) is 13.2. The highest BCUT2D eigenvalue weighted by molar-refractivity contribution is 6.08. The van der Waals surface area contributed by atoms with Gasteiger partial charge in [0.15, 0.2) is 0 Å². The lowest BCUT2D eigenvalue weighted by atomic mass is 10.2. The molecule has 1 fully saturated rings. The molecule has 0 amide bonds. The van der Waals surface area contributed by atoms with Crippen molar-refractivity contribution in [3.8, 4) is 5.88 Å². The van der Waals surface area contributed by atoms with Crippen LogP contribution in [0.4, 0.5) is 0 Å². The summed E-state index contributed by atoms with van der Waals surface area (Å²) in [5, 5.41) is 0. The minimum Gasteiger partial charge on any atom is -0.477 e. The summed E-state index contributed by atoms with van der Waals surface area (Å²) >= 11 is 0. The Morgan fingerprint density at radius 1 is 1.36 bits per heavy atom. The average Bonchev–Trinajstić information content (AvgIpc) is 3.37. The number of allylic oxidation sites excluding steroid dienone is 2. The van der Waals surface area contributed by atoms with Gasteiger partial charge in [0.1, 0.15) is 5.82 Å². The Hall–Kier alpha value is -1.71. The molecule has 0 atom stereocenters. The van der Waals surface area contributed by atoms with Crippen molar-refractivity contribution in [3.63, 3.8) is 0 Å². The molecule has 1 aromatic rings. The zero-order chi connectivity index (χ0) is 16.4. The van der Waals surface area contributed by atoms with Gasteiger partial charge in [-0.15, -0.1) is 0 Å². The first kappa shape index (κ1) is 18.3. The zero-order valence-corrected chi connectivity index (χ0v) is 14.6. The Kier molecular flexibility index (Phi) is 8.41. The largest absolute Gasteiger partial charge is 0.477 e. The third kappa shape index (κ3) is 5.96. The van der Waals surface area contributed by atoms with Gasteiger partial charge in [-0.1, -0.05) is 26.8 Å². The third-order valence-corrected chi connectivity index (χ3v) is 3.26. The maximum Gasteiger partial charge on any atom is 0.217 e. The quantitative estimate of drug-likeness (QED) is 0.704. The predicted molar refractivity (Wildman–Crippen MR) is 93.7 cm³/mol. The normalized spacial score (nSPS) is 14.7. The molecule has 1 saturated carbocycles. The summed E-state index contributed by atoms with van der Waals surface area (Å²) in [6, 6.07) is 1.92. The number of nitrogens with zero attached hydrogens (tertiary/aromatic N) is 3. The van der Waals surface area contributed by atoms with Crippen molar-refractivity contribution in [3.05, 3.63) is 23.7 Å². The van der Waals surface area contributed by atoms with E-state index in [0.29, 0.717) is 5.88 Å². The number of ether oxygens (including phenoxy) is 1. The van der Waals surface area contributed by atoms with Gasteiger partial charge >= 0.3 is 0 Å². The lowest BCUT2D eigenvalue weighted by Gasteiger charge is -2.09. The average molecular weight is 303 g/mol. The fourth-order valence-electron chi connectivity index (χ4n) is 1.95. The number of aliphatic imine (C=N–C) groups is 1. The van der Waals surface area contributed by atoms with Gasteiger partial charge in [-0.3, -0.25) is 4.99 Å². The van der Waals surface area contributed by atoms with Crippen LogP contribution in [0.2, 0.25) is 0 Å². The third-order valence-electron chi connectivity index (χ3n) is 3.26. The van der Waals surface area contributed by atoms with Crippen LogP contribution in [-0.2, 0) is 6.42 Å². The van der Waals surface area contributed by atoms with Gasteiger partial charge in [-0.05, 0) is 32.1 Å². The first-order valence-electron chi connectivity index (χ1n) is 8.36. The molecule has 0 bridgehead atoms. The molecule has 4 nitrogen and oxygen atoms in total. The first-order chi connectivity index (χ1) is 10.8. The second-order valence-electron chi connectivity index (χ2n) is 5.14. The highest BCUT2D eigenvalue weighted by Gasteiger charge is 2.22. The molecule has 2 rings (SSSR count). The molecule has 0 unspecified atom stereocenters. The second kappa shape index (κ2) is 10.1. The van der Waals surface area contributed by atoms with Crippen LogP contribution < -0.4 is 4.74 Å². The van der Waals surface area contributed by atoms with Crippen LogP contribution in [0.5, 0.6) is 5.88 Å². The van der Waals surface area contributed by atoms with Crippen LogP contribution in [0.15, 0.2) is 17.1 Å². The van der Waals surface area contributed by atoms with Gasteiger partial charge in [0.25, 0.3) is 0 Å². The summed E-state index contributed by atoms with van der Waals surface area (Å²) < 4.78 is 5.81. The van der Waals surface area contributed by atoms with Crippen molar-refractivity contribution in [1.82, 2.24) is 9.97 Å². The fourth-order valence-corrected chi connectivity index (χ4v) is 1.95. The lowest BCUT2D eigenvalue weighted by Crippen LogP contribution is -2.06. The molecule has 1 heterocycles. The molecule has 0 aromatic carbocycles. The van der Waals surface area contributed by atoms with E-state index in [2.05, 4.69) is 21.9 Å². The summed E-state index contributed by atoms with van der Waals surface area (Å²) in [5.41, 5.74) is 1.89. The topological polar surface area (TPSA) is 47.4 Å². The van der Waals surface area contributed by atoms with E-state index < -0.39 is 0 Å². The number of hydrogen-bond donors (Lipinski definition) is 0. The van der Waals surface area contributed by atoms with Gasteiger partial charge in [-0.2, -0.15) is 4.98 Å². The van der Waals surface area contributed by atoms with Crippen molar-refractivity contribution in [2.75, 3.05) is 13.7 Å². The molecular weight excluding hydrogens is 274 g/mol. The van der Waals surface area contributed by atoms with Crippen LogP contribution >= 0.6 is 0 Å². The van der Waals surface area contributed by atoms with E-state index in [4.69, 9.17) is 4.74 Å². The Morgan fingerprint density at radius 2 is 2.09 bits per heavy atom. The molecule has 1 aromatic heterocycles. The van der Waals surface area contributed by atoms with Crippen molar-refractivity contribution in [1.29, 1.82) is 0 Å². The summed E-state index contributed by atoms with van der Waals surface area (Å²) in [7, 11) is 1.77. The van der Waals surface area contributed by atoms with Crippen LogP contribution in [0.1, 0.15) is 58.5 Å². The highest BCUT2D eigenvalue weighted by atomic mass is 16.5. The van der Waals surface area contributed by atoms with Crippen molar-refractivity contribution < 1.29 is 4.74 Å². The van der Waals surface area contributed by atoms with Crippen LogP contribution in [0, 0.1) is 5.92 Å². The van der Waals surface area contributed by atoms with E-state index in [1.54, 1.807) is 7.05 Å². The van der Waals surface area contributed by atoms with Crippen LogP contribution in [0.25, 0.3) is 5.57 Å². The molecule has 122 valence electrons. The Bertz CT molecular complexity index is 505. The molecule has 0 saturated heterocycles. The molecule has 0 spiro atoms. The Morgan fingerprint density at radius 3 is 2.64 bits per heavy atom. The van der Waals surface area contributed by atoms with Crippen LogP contribution in [0.3, 0.4) is 0 Å². The summed E-state index contributed by atoms with van der Waals surface area (Å²) in [5.74, 6) is 2.26. The van der Waals surface area contributed by atoms with Crippen molar-refractivity contribution in [2.24, 2.45) is 10.9 Å². The zero-order valence-electron chi connectivity index (χ0n) is 14.6. The van der Waals surface area contributed by atoms with E-state index in [1.807, 2.05) is 39.1 Å². The number of rotatable bonds is 7. The van der Waals surface area contributed by atoms with E-state index >= 15 is 0 Å². The van der Waals surface area contributed by atoms with Gasteiger partial charge in [0, 0.05) is 31.3 Å². The maximum atomic E-state index is 5.81.